The second-order valence-corrected chi connectivity index (χ2v) is 9.24. The average molecular weight is 513 g/mol. The molecule has 33 heavy (non-hydrogen) atoms. The molecule has 0 spiro atoms. The Morgan fingerprint density at radius 3 is 2.67 bits per heavy atom. The number of nitrogens with zero attached hydrogens (tertiary/aromatic N) is 1. The van der Waals surface area contributed by atoms with Gasteiger partial charge in [0, 0.05) is 28.4 Å². The zero-order valence-corrected chi connectivity index (χ0v) is 20.3. The highest BCUT2D eigenvalue weighted by molar-refractivity contribution is 9.10. The first-order valence-electron chi connectivity index (χ1n) is 10.7. The minimum Gasteiger partial charge on any atom is -0.868 e. The fraction of sp³-hybridized carbons (Fsp3) is 0.280. The molecule has 2 aromatic carbocycles. The molecule has 8 heteroatoms. The predicted molar refractivity (Wildman–Crippen MR) is 125 cm³/mol. The topological polar surface area (TPSA) is 87.2 Å². The summed E-state index contributed by atoms with van der Waals surface area (Å²) in [5.41, 5.74) is 1.02. The second-order valence-electron chi connectivity index (χ2n) is 8.33. The number of quaternary nitrogens is 1. The molecule has 1 amide bonds. The van der Waals surface area contributed by atoms with Gasteiger partial charge in [0.1, 0.15) is 0 Å². The number of nitrogens with one attached hydrogen (secondary N) is 1. The maximum atomic E-state index is 13.6. The van der Waals surface area contributed by atoms with Crippen LogP contribution in [-0.2, 0) is 4.79 Å². The fourth-order valence-corrected chi connectivity index (χ4v) is 4.59. The van der Waals surface area contributed by atoms with E-state index in [4.69, 9.17) is 9.15 Å². The molecule has 3 aromatic rings. The van der Waals surface area contributed by atoms with E-state index in [1.807, 2.05) is 38.4 Å². The van der Waals surface area contributed by atoms with Crippen LogP contribution in [-0.4, -0.2) is 50.9 Å². The number of carbonyl (C=O) groups is 2. The van der Waals surface area contributed by atoms with Crippen LogP contribution in [0.5, 0.6) is 5.75 Å². The van der Waals surface area contributed by atoms with E-state index in [0.717, 1.165) is 11.0 Å². The van der Waals surface area contributed by atoms with Crippen molar-refractivity contribution in [2.45, 2.75) is 12.5 Å². The number of Topliss-reactive ketones (excluding diaryl/α,β-unsaturated/α-hetero) is 1. The lowest BCUT2D eigenvalue weighted by molar-refractivity contribution is -0.858. The highest BCUT2D eigenvalue weighted by Gasteiger charge is 2.40. The third kappa shape index (κ3) is 4.41. The van der Waals surface area contributed by atoms with Crippen molar-refractivity contribution in [1.82, 2.24) is 4.90 Å². The molecular formula is C25H25BrN2O5. The molecule has 172 valence electrons. The molecule has 1 unspecified atom stereocenters. The summed E-state index contributed by atoms with van der Waals surface area (Å²) >= 11 is 3.45. The van der Waals surface area contributed by atoms with Crippen molar-refractivity contribution in [3.8, 4) is 5.75 Å². The predicted octanol–water partition coefficient (Wildman–Crippen LogP) is 2.12. The van der Waals surface area contributed by atoms with Crippen LogP contribution >= 0.6 is 15.9 Å². The van der Waals surface area contributed by atoms with Crippen LogP contribution < -0.4 is 14.7 Å². The first-order chi connectivity index (χ1) is 15.8. The van der Waals surface area contributed by atoms with Crippen molar-refractivity contribution in [2.24, 2.45) is 0 Å². The van der Waals surface area contributed by atoms with Gasteiger partial charge in [-0.25, -0.2) is 0 Å². The van der Waals surface area contributed by atoms with Crippen molar-refractivity contribution >= 4 is 38.6 Å². The van der Waals surface area contributed by atoms with Crippen LogP contribution in [0.2, 0.25) is 0 Å². The number of ether oxygens (including phenoxy) is 1. The number of para-hydroxylation sites is 1. The quantitative estimate of drug-likeness (QED) is 0.467. The number of amides is 1. The summed E-state index contributed by atoms with van der Waals surface area (Å²) in [7, 11) is 5.57. The van der Waals surface area contributed by atoms with Crippen LogP contribution in [0.25, 0.3) is 11.0 Å². The van der Waals surface area contributed by atoms with Gasteiger partial charge in [-0.1, -0.05) is 40.2 Å². The molecule has 0 radical (unpaired) electrons. The summed E-state index contributed by atoms with van der Waals surface area (Å²) in [5.74, 6) is -1.54. The molecule has 1 aromatic heterocycles. The number of halogens is 1. The molecule has 1 aliphatic rings. The van der Waals surface area contributed by atoms with Gasteiger partial charge in [0.25, 0.3) is 0 Å². The van der Waals surface area contributed by atoms with Crippen molar-refractivity contribution in [1.29, 1.82) is 0 Å². The van der Waals surface area contributed by atoms with Crippen LogP contribution in [0.3, 0.4) is 0 Å². The van der Waals surface area contributed by atoms with Gasteiger partial charge in [-0.05, 0) is 35.6 Å². The minimum absolute atomic E-state index is 0.00485. The molecule has 1 N–H and O–H groups in total. The third-order valence-corrected chi connectivity index (χ3v) is 6.21. The summed E-state index contributed by atoms with van der Waals surface area (Å²) in [6, 6.07) is 13.5. The van der Waals surface area contributed by atoms with Crippen molar-refractivity contribution in [2.75, 3.05) is 34.3 Å². The highest BCUT2D eigenvalue weighted by atomic mass is 79.9. The number of ketones is 1. The van der Waals surface area contributed by atoms with Crippen LogP contribution in [0, 0.1) is 0 Å². The molecule has 7 nitrogen and oxygen atoms in total. The monoisotopic (exact) mass is 512 g/mol. The van der Waals surface area contributed by atoms with Gasteiger partial charge in [0.2, 0.25) is 11.7 Å². The summed E-state index contributed by atoms with van der Waals surface area (Å²) in [4.78, 5) is 29.3. The maximum absolute atomic E-state index is 13.6. The van der Waals surface area contributed by atoms with Gasteiger partial charge in [0.05, 0.1) is 33.8 Å². The van der Waals surface area contributed by atoms with Crippen molar-refractivity contribution in [3.63, 3.8) is 0 Å². The van der Waals surface area contributed by atoms with Gasteiger partial charge in [-0.3, -0.25) is 9.59 Å². The summed E-state index contributed by atoms with van der Waals surface area (Å²) in [6.45, 7) is 1.20. The lowest BCUT2D eigenvalue weighted by atomic mass is 9.95. The molecular weight excluding hydrogens is 488 g/mol. The van der Waals surface area contributed by atoms with Crippen LogP contribution in [0.4, 0.5) is 0 Å². The highest BCUT2D eigenvalue weighted by Crippen LogP contribution is 2.40. The molecule has 1 aliphatic heterocycles. The number of hydrogen-bond donors (Lipinski definition) is 1. The minimum atomic E-state index is -0.783. The standard InChI is InChI=1S/C25H25BrN2O5/c1-27(2)11-6-12-28-21(15-7-4-9-17(26)13-15)20(23(30)25(28)31)22(29)19-14-16-8-5-10-18(32-3)24(16)33-19/h4-5,7-10,13-14,21,30H,6,11-12H2,1-3H3. The summed E-state index contributed by atoms with van der Waals surface area (Å²) in [6.07, 6.45) is 0.704. The molecule has 4 rings (SSSR count). The van der Waals surface area contributed by atoms with E-state index in [1.165, 1.54) is 16.9 Å². The Morgan fingerprint density at radius 1 is 1.21 bits per heavy atom. The van der Waals surface area contributed by atoms with E-state index in [9.17, 15) is 14.7 Å². The molecule has 0 fully saturated rings. The Kier molecular flexibility index (Phi) is 6.58. The summed E-state index contributed by atoms with van der Waals surface area (Å²) < 4.78 is 11.9. The van der Waals surface area contributed by atoms with E-state index < -0.39 is 23.5 Å². The Hall–Kier alpha value is -3.10. The number of fused-ring (bicyclic) bond motifs is 1. The Morgan fingerprint density at radius 2 is 1.97 bits per heavy atom. The van der Waals surface area contributed by atoms with Crippen LogP contribution in [0.1, 0.15) is 28.6 Å². The number of hydrogen-bond acceptors (Lipinski definition) is 5. The molecule has 0 saturated carbocycles. The number of methoxy groups -OCH3 is 1. The van der Waals surface area contributed by atoms with Gasteiger partial charge in [0.15, 0.2) is 17.1 Å². The van der Waals surface area contributed by atoms with Gasteiger partial charge in [-0.2, -0.15) is 0 Å². The molecule has 1 atom stereocenters. The maximum Gasteiger partial charge on any atom is 0.239 e. The van der Waals surface area contributed by atoms with Gasteiger partial charge >= 0.3 is 0 Å². The van der Waals surface area contributed by atoms with E-state index in [1.54, 1.807) is 24.3 Å². The number of furan rings is 1. The molecule has 2 heterocycles. The van der Waals surface area contributed by atoms with Crippen molar-refractivity contribution in [3.05, 3.63) is 75.7 Å². The fourth-order valence-electron chi connectivity index (χ4n) is 4.17. The smallest absolute Gasteiger partial charge is 0.239 e. The number of rotatable bonds is 8. The molecule has 0 aliphatic carbocycles. The lowest BCUT2D eigenvalue weighted by Crippen LogP contribution is -3.05. The Balaban J connectivity index is 1.77. The largest absolute Gasteiger partial charge is 0.868 e. The van der Waals surface area contributed by atoms with E-state index in [-0.39, 0.29) is 11.3 Å². The second kappa shape index (κ2) is 9.41. The van der Waals surface area contributed by atoms with Crippen LogP contribution in [0.15, 0.2) is 68.8 Å². The third-order valence-electron chi connectivity index (χ3n) is 5.72. The van der Waals surface area contributed by atoms with E-state index >= 15 is 0 Å². The summed E-state index contributed by atoms with van der Waals surface area (Å²) in [5, 5.41) is 13.8. The van der Waals surface area contributed by atoms with Gasteiger partial charge in [-0.15, -0.1) is 0 Å². The van der Waals surface area contributed by atoms with E-state index in [2.05, 4.69) is 15.9 Å². The number of benzene rings is 2. The molecule has 0 saturated heterocycles. The zero-order valence-electron chi connectivity index (χ0n) is 18.7. The average Bonchev–Trinajstić information content (AvgIpc) is 3.33. The Bertz CT molecular complexity index is 1250. The van der Waals surface area contributed by atoms with E-state index in [0.29, 0.717) is 35.2 Å². The van der Waals surface area contributed by atoms with Gasteiger partial charge < -0.3 is 24.1 Å². The Labute approximate surface area is 200 Å². The lowest BCUT2D eigenvalue weighted by Gasteiger charge is -2.28. The zero-order chi connectivity index (χ0) is 23.7. The van der Waals surface area contributed by atoms with Crippen molar-refractivity contribution < 1.29 is 28.7 Å². The first-order valence-corrected chi connectivity index (χ1v) is 11.5. The number of carbonyl (C=O) groups excluding carboxylic acids is 2. The first kappa shape index (κ1) is 23.1. The molecule has 0 bridgehead atoms. The SMILES string of the molecule is COc1cccc2cc(C(=O)C3=C([O-])C(=O)N(CCC[NH+](C)C)C3c3cccc(Br)c3)oc12. The normalized spacial score (nSPS) is 16.3.